The molecule has 1 aromatic carbocycles. The third kappa shape index (κ3) is 1.15. The third-order valence-corrected chi connectivity index (χ3v) is 1.83. The lowest BCUT2D eigenvalue weighted by molar-refractivity contribution is 1.44. The van der Waals surface area contributed by atoms with Crippen molar-refractivity contribution >= 4 is 11.6 Å². The molecule has 0 heterocycles. The highest BCUT2D eigenvalue weighted by atomic mass is 35.5. The molecule has 0 aromatic heterocycles. The molecule has 1 heteroatoms. The minimum Gasteiger partial charge on any atom is -0.115 e. The van der Waals surface area contributed by atoms with Crippen molar-refractivity contribution in [1.29, 1.82) is 0 Å². The summed E-state index contributed by atoms with van der Waals surface area (Å²) in [6.45, 7) is 1.91. The zero-order valence-corrected chi connectivity index (χ0v) is 6.44. The highest BCUT2D eigenvalue weighted by Crippen LogP contribution is 2.17. The van der Waals surface area contributed by atoms with E-state index < -0.39 is 0 Å². The minimum atomic E-state index is 0.732. The van der Waals surface area contributed by atoms with E-state index in [-0.39, 0.29) is 0 Å². The van der Waals surface area contributed by atoms with Crippen LogP contribution in [0.1, 0.15) is 11.1 Å². The van der Waals surface area contributed by atoms with Crippen molar-refractivity contribution < 1.29 is 0 Å². The topological polar surface area (TPSA) is 0 Å². The molecule has 0 aliphatic carbocycles. The van der Waals surface area contributed by atoms with Gasteiger partial charge in [-0.2, -0.15) is 0 Å². The molecule has 0 radical (unpaired) electrons. The Morgan fingerprint density at radius 1 is 1.50 bits per heavy atom. The van der Waals surface area contributed by atoms with Gasteiger partial charge in [0.05, 0.1) is 0 Å². The summed E-state index contributed by atoms with van der Waals surface area (Å²) in [6.07, 6.45) is 5.21. The molecule has 0 aliphatic rings. The maximum atomic E-state index is 5.80. The van der Waals surface area contributed by atoms with Crippen molar-refractivity contribution in [1.82, 2.24) is 0 Å². The van der Waals surface area contributed by atoms with Crippen LogP contribution in [0, 0.1) is 19.3 Å². The molecule has 0 fully saturated rings. The van der Waals surface area contributed by atoms with E-state index in [1.165, 1.54) is 0 Å². The Morgan fingerprint density at radius 3 is 2.70 bits per heavy atom. The standard InChI is InChI=1S/C9H7Cl/c1-3-8-5-4-6-9(10)7(8)2/h1,4-6H,2H3. The quantitative estimate of drug-likeness (QED) is 0.499. The molecule has 0 nitrogen and oxygen atoms in total. The molecule has 0 aliphatic heterocycles. The maximum absolute atomic E-state index is 5.80. The Labute approximate surface area is 65.8 Å². The van der Waals surface area contributed by atoms with Crippen LogP contribution in [0.15, 0.2) is 18.2 Å². The van der Waals surface area contributed by atoms with E-state index in [9.17, 15) is 0 Å². The van der Waals surface area contributed by atoms with Crippen LogP contribution in [0.25, 0.3) is 0 Å². The average Bonchev–Trinajstić information content (AvgIpc) is 1.95. The molecule has 0 saturated heterocycles. The Kier molecular flexibility index (Phi) is 1.99. The second kappa shape index (κ2) is 2.77. The van der Waals surface area contributed by atoms with Gasteiger partial charge >= 0.3 is 0 Å². The van der Waals surface area contributed by atoms with Gasteiger partial charge in [-0.15, -0.1) is 6.42 Å². The summed E-state index contributed by atoms with van der Waals surface area (Å²) in [5.74, 6) is 2.55. The highest BCUT2D eigenvalue weighted by Gasteiger charge is 1.96. The zero-order chi connectivity index (χ0) is 7.56. The summed E-state index contributed by atoms with van der Waals surface area (Å²) < 4.78 is 0. The number of halogens is 1. The summed E-state index contributed by atoms with van der Waals surface area (Å²) in [5.41, 5.74) is 1.85. The smallest absolute Gasteiger partial charge is 0.0447 e. The van der Waals surface area contributed by atoms with Crippen LogP contribution < -0.4 is 0 Å². The molecule has 0 atom stereocenters. The molecule has 1 rings (SSSR count). The van der Waals surface area contributed by atoms with Crippen LogP contribution in [0.3, 0.4) is 0 Å². The van der Waals surface area contributed by atoms with Crippen molar-refractivity contribution in [3.63, 3.8) is 0 Å². The first-order valence-electron chi connectivity index (χ1n) is 2.97. The molecule has 0 N–H and O–H groups in total. The van der Waals surface area contributed by atoms with E-state index in [0.717, 1.165) is 16.1 Å². The summed E-state index contributed by atoms with van der Waals surface area (Å²) in [4.78, 5) is 0. The van der Waals surface area contributed by atoms with Gasteiger partial charge in [0.15, 0.2) is 0 Å². The lowest BCUT2D eigenvalue weighted by Crippen LogP contribution is -1.80. The predicted octanol–water partition coefficient (Wildman–Crippen LogP) is 2.63. The molecular weight excluding hydrogens is 144 g/mol. The number of hydrogen-bond acceptors (Lipinski definition) is 0. The van der Waals surface area contributed by atoms with Gasteiger partial charge in [-0.05, 0) is 24.6 Å². The van der Waals surface area contributed by atoms with Crippen LogP contribution in [0.5, 0.6) is 0 Å². The summed E-state index contributed by atoms with van der Waals surface area (Å²) >= 11 is 5.80. The van der Waals surface area contributed by atoms with E-state index in [4.69, 9.17) is 18.0 Å². The Morgan fingerprint density at radius 2 is 2.20 bits per heavy atom. The van der Waals surface area contributed by atoms with E-state index in [2.05, 4.69) is 5.92 Å². The first-order valence-corrected chi connectivity index (χ1v) is 3.35. The van der Waals surface area contributed by atoms with Crippen molar-refractivity contribution in [3.8, 4) is 12.3 Å². The second-order valence-electron chi connectivity index (χ2n) is 2.06. The van der Waals surface area contributed by atoms with Crippen LogP contribution in [0.4, 0.5) is 0 Å². The van der Waals surface area contributed by atoms with Gasteiger partial charge < -0.3 is 0 Å². The van der Waals surface area contributed by atoms with Crippen LogP contribution in [0.2, 0.25) is 5.02 Å². The predicted molar refractivity (Wildman–Crippen MR) is 44.1 cm³/mol. The molecular formula is C9H7Cl. The fourth-order valence-corrected chi connectivity index (χ4v) is 0.938. The van der Waals surface area contributed by atoms with E-state index >= 15 is 0 Å². The third-order valence-electron chi connectivity index (χ3n) is 1.42. The van der Waals surface area contributed by atoms with Crippen molar-refractivity contribution in [2.45, 2.75) is 6.92 Å². The molecule has 1 aromatic rings. The molecule has 0 spiro atoms. The molecule has 0 unspecified atom stereocenters. The lowest BCUT2D eigenvalue weighted by atomic mass is 10.1. The summed E-state index contributed by atoms with van der Waals surface area (Å²) in [7, 11) is 0. The SMILES string of the molecule is C#Cc1cccc(Cl)c1C. The zero-order valence-electron chi connectivity index (χ0n) is 5.69. The Hall–Kier alpha value is -0.930. The monoisotopic (exact) mass is 150 g/mol. The van der Waals surface area contributed by atoms with E-state index in [0.29, 0.717) is 0 Å². The average molecular weight is 151 g/mol. The summed E-state index contributed by atoms with van der Waals surface area (Å²) in [6, 6.07) is 5.56. The van der Waals surface area contributed by atoms with Gasteiger partial charge in [-0.1, -0.05) is 23.6 Å². The van der Waals surface area contributed by atoms with Gasteiger partial charge in [-0.3, -0.25) is 0 Å². The van der Waals surface area contributed by atoms with Crippen LogP contribution >= 0.6 is 11.6 Å². The van der Waals surface area contributed by atoms with Gasteiger partial charge in [-0.25, -0.2) is 0 Å². The van der Waals surface area contributed by atoms with Crippen molar-refractivity contribution in [2.24, 2.45) is 0 Å². The first kappa shape index (κ1) is 7.18. The number of terminal acetylenes is 1. The van der Waals surface area contributed by atoms with Crippen LogP contribution in [-0.4, -0.2) is 0 Å². The molecule has 0 saturated carbocycles. The largest absolute Gasteiger partial charge is 0.115 e. The highest BCUT2D eigenvalue weighted by molar-refractivity contribution is 6.31. The van der Waals surface area contributed by atoms with Gasteiger partial charge in [0.25, 0.3) is 0 Å². The normalized spacial score (nSPS) is 8.90. The van der Waals surface area contributed by atoms with E-state index in [1.807, 2.05) is 25.1 Å². The minimum absolute atomic E-state index is 0.732. The maximum Gasteiger partial charge on any atom is 0.0447 e. The van der Waals surface area contributed by atoms with Gasteiger partial charge in [0, 0.05) is 10.6 Å². The Balaban J connectivity index is 3.31. The Bertz CT molecular complexity index is 281. The molecule has 50 valence electrons. The fraction of sp³-hybridized carbons (Fsp3) is 0.111. The van der Waals surface area contributed by atoms with Gasteiger partial charge in [0.1, 0.15) is 0 Å². The van der Waals surface area contributed by atoms with Crippen molar-refractivity contribution in [2.75, 3.05) is 0 Å². The summed E-state index contributed by atoms with van der Waals surface area (Å²) in [5, 5.41) is 0.732. The number of hydrogen-bond donors (Lipinski definition) is 0. The second-order valence-corrected chi connectivity index (χ2v) is 2.46. The first-order chi connectivity index (χ1) is 4.75. The number of benzene rings is 1. The van der Waals surface area contributed by atoms with E-state index in [1.54, 1.807) is 0 Å². The lowest BCUT2D eigenvalue weighted by Gasteiger charge is -1.98. The van der Waals surface area contributed by atoms with Crippen molar-refractivity contribution in [3.05, 3.63) is 34.3 Å². The fourth-order valence-electron chi connectivity index (χ4n) is 0.764. The number of rotatable bonds is 0. The van der Waals surface area contributed by atoms with Gasteiger partial charge in [0.2, 0.25) is 0 Å². The molecule has 0 bridgehead atoms. The molecule has 10 heavy (non-hydrogen) atoms. The van der Waals surface area contributed by atoms with Crippen LogP contribution in [-0.2, 0) is 0 Å². The molecule has 0 amide bonds.